The Morgan fingerprint density at radius 1 is 1.21 bits per heavy atom. The fraction of sp³-hybridized carbons (Fsp3) is 1.00. The van der Waals surface area contributed by atoms with E-state index in [0.29, 0.717) is 5.92 Å². The minimum absolute atomic E-state index is 0.118. The first-order valence-electron chi connectivity index (χ1n) is 6.10. The van der Waals surface area contributed by atoms with E-state index in [1.54, 1.807) is 0 Å². The molecular formula is C12H24O2. The molecule has 0 heterocycles. The highest BCUT2D eigenvalue weighted by atomic mass is 16.5. The number of ether oxygens (including phenoxy) is 1. The van der Waals surface area contributed by atoms with Gasteiger partial charge in [-0.1, -0.05) is 26.2 Å². The molecule has 14 heavy (non-hydrogen) atoms. The first-order chi connectivity index (χ1) is 6.84. The lowest BCUT2D eigenvalue weighted by Crippen LogP contribution is -2.24. The third kappa shape index (κ3) is 4.43. The quantitative estimate of drug-likeness (QED) is 0.668. The predicted molar refractivity (Wildman–Crippen MR) is 58.3 cm³/mol. The topological polar surface area (TPSA) is 29.5 Å². The second-order valence-electron chi connectivity index (χ2n) is 4.37. The van der Waals surface area contributed by atoms with Crippen LogP contribution in [0.5, 0.6) is 0 Å². The molecule has 1 aliphatic rings. The lowest BCUT2D eigenvalue weighted by molar-refractivity contribution is 0.0389. The average Bonchev–Trinajstić information content (AvgIpc) is 2.25. The molecule has 1 fully saturated rings. The minimum atomic E-state index is -0.118. The van der Waals surface area contributed by atoms with Crippen molar-refractivity contribution in [2.24, 2.45) is 5.92 Å². The summed E-state index contributed by atoms with van der Waals surface area (Å²) in [5, 5.41) is 9.89. The second-order valence-corrected chi connectivity index (χ2v) is 4.37. The van der Waals surface area contributed by atoms with Crippen LogP contribution in [0.3, 0.4) is 0 Å². The standard InChI is InChI=1S/C12H24O2/c1-2-9-14-10-8-12(13)11-6-4-3-5-7-11/h11-13H,2-10H2,1H3. The third-order valence-corrected chi connectivity index (χ3v) is 3.10. The molecule has 0 aromatic rings. The molecule has 0 amide bonds. The molecule has 1 unspecified atom stereocenters. The Morgan fingerprint density at radius 3 is 2.57 bits per heavy atom. The van der Waals surface area contributed by atoms with E-state index < -0.39 is 0 Å². The first-order valence-corrected chi connectivity index (χ1v) is 6.10. The van der Waals surface area contributed by atoms with E-state index in [1.807, 2.05) is 0 Å². The summed E-state index contributed by atoms with van der Waals surface area (Å²) in [4.78, 5) is 0. The van der Waals surface area contributed by atoms with Gasteiger partial charge in [-0.05, 0) is 31.6 Å². The molecular weight excluding hydrogens is 176 g/mol. The highest BCUT2D eigenvalue weighted by Gasteiger charge is 2.20. The highest BCUT2D eigenvalue weighted by molar-refractivity contribution is 4.72. The molecule has 0 bridgehead atoms. The number of hydrogen-bond acceptors (Lipinski definition) is 2. The lowest BCUT2D eigenvalue weighted by atomic mass is 9.84. The number of aliphatic hydroxyl groups excluding tert-OH is 1. The summed E-state index contributed by atoms with van der Waals surface area (Å²) >= 11 is 0. The zero-order chi connectivity index (χ0) is 10.2. The van der Waals surface area contributed by atoms with Gasteiger partial charge in [-0.25, -0.2) is 0 Å². The van der Waals surface area contributed by atoms with Crippen molar-refractivity contribution >= 4 is 0 Å². The number of rotatable bonds is 6. The maximum Gasteiger partial charge on any atom is 0.0590 e. The van der Waals surface area contributed by atoms with Crippen molar-refractivity contribution in [3.63, 3.8) is 0 Å². The van der Waals surface area contributed by atoms with Gasteiger partial charge in [-0.3, -0.25) is 0 Å². The van der Waals surface area contributed by atoms with Crippen molar-refractivity contribution in [1.82, 2.24) is 0 Å². The van der Waals surface area contributed by atoms with Gasteiger partial charge in [0.1, 0.15) is 0 Å². The second kappa shape index (κ2) is 7.24. The predicted octanol–water partition coefficient (Wildman–Crippen LogP) is 2.74. The molecule has 1 aliphatic carbocycles. The summed E-state index contributed by atoms with van der Waals surface area (Å²) in [7, 11) is 0. The van der Waals surface area contributed by atoms with Gasteiger partial charge in [0.05, 0.1) is 6.10 Å². The fourth-order valence-electron chi connectivity index (χ4n) is 2.21. The van der Waals surface area contributed by atoms with Crippen molar-refractivity contribution in [2.75, 3.05) is 13.2 Å². The Morgan fingerprint density at radius 2 is 1.93 bits per heavy atom. The van der Waals surface area contributed by atoms with Crippen molar-refractivity contribution < 1.29 is 9.84 Å². The SMILES string of the molecule is CCCOCCC(O)C1CCCCC1. The van der Waals surface area contributed by atoms with Crippen molar-refractivity contribution in [3.8, 4) is 0 Å². The molecule has 1 atom stereocenters. The van der Waals surface area contributed by atoms with Crippen molar-refractivity contribution in [1.29, 1.82) is 0 Å². The Bertz CT molecular complexity index is 130. The summed E-state index contributed by atoms with van der Waals surface area (Å²) in [5.41, 5.74) is 0. The van der Waals surface area contributed by atoms with Gasteiger partial charge in [0, 0.05) is 13.2 Å². The molecule has 2 heteroatoms. The molecule has 2 nitrogen and oxygen atoms in total. The van der Waals surface area contributed by atoms with Gasteiger partial charge < -0.3 is 9.84 Å². The van der Waals surface area contributed by atoms with Crippen LogP contribution in [0.2, 0.25) is 0 Å². The van der Waals surface area contributed by atoms with E-state index in [-0.39, 0.29) is 6.10 Å². The zero-order valence-corrected chi connectivity index (χ0v) is 9.37. The summed E-state index contributed by atoms with van der Waals surface area (Å²) in [6.07, 6.45) is 8.17. The monoisotopic (exact) mass is 200 g/mol. The Balaban J connectivity index is 2.04. The van der Waals surface area contributed by atoms with Gasteiger partial charge in [0.15, 0.2) is 0 Å². The van der Waals surface area contributed by atoms with Crippen LogP contribution < -0.4 is 0 Å². The lowest BCUT2D eigenvalue weighted by Gasteiger charge is -2.26. The van der Waals surface area contributed by atoms with Gasteiger partial charge in [-0.2, -0.15) is 0 Å². The third-order valence-electron chi connectivity index (χ3n) is 3.10. The first kappa shape index (κ1) is 12.0. The molecule has 0 spiro atoms. The summed E-state index contributed by atoms with van der Waals surface area (Å²) in [5.74, 6) is 0.550. The van der Waals surface area contributed by atoms with Gasteiger partial charge in [-0.15, -0.1) is 0 Å². The summed E-state index contributed by atoms with van der Waals surface area (Å²) < 4.78 is 5.38. The molecule has 84 valence electrons. The van der Waals surface area contributed by atoms with Crippen molar-refractivity contribution in [3.05, 3.63) is 0 Å². The molecule has 1 N–H and O–H groups in total. The maximum atomic E-state index is 9.89. The molecule has 0 aliphatic heterocycles. The number of aliphatic hydroxyl groups is 1. The van der Waals surface area contributed by atoms with E-state index in [1.165, 1.54) is 32.1 Å². The molecule has 1 rings (SSSR count). The Labute approximate surface area is 87.7 Å². The van der Waals surface area contributed by atoms with Crippen LogP contribution in [0.25, 0.3) is 0 Å². The highest BCUT2D eigenvalue weighted by Crippen LogP contribution is 2.27. The Kier molecular flexibility index (Phi) is 6.20. The van der Waals surface area contributed by atoms with Crippen LogP contribution in [0.4, 0.5) is 0 Å². The molecule has 0 aromatic carbocycles. The summed E-state index contributed by atoms with van der Waals surface area (Å²) in [6, 6.07) is 0. The smallest absolute Gasteiger partial charge is 0.0590 e. The zero-order valence-electron chi connectivity index (χ0n) is 9.37. The minimum Gasteiger partial charge on any atom is -0.393 e. The Hall–Kier alpha value is -0.0800. The van der Waals surface area contributed by atoms with E-state index >= 15 is 0 Å². The van der Waals surface area contributed by atoms with Gasteiger partial charge in [0.2, 0.25) is 0 Å². The molecule has 0 radical (unpaired) electrons. The normalized spacial score (nSPS) is 21.0. The summed E-state index contributed by atoms with van der Waals surface area (Å²) in [6.45, 7) is 3.67. The van der Waals surface area contributed by atoms with Crippen LogP contribution in [-0.2, 0) is 4.74 Å². The van der Waals surface area contributed by atoms with E-state index in [4.69, 9.17) is 4.74 Å². The molecule has 1 saturated carbocycles. The average molecular weight is 200 g/mol. The van der Waals surface area contributed by atoms with Crippen LogP contribution in [-0.4, -0.2) is 24.4 Å². The fourth-order valence-corrected chi connectivity index (χ4v) is 2.21. The van der Waals surface area contributed by atoms with Gasteiger partial charge >= 0.3 is 0 Å². The van der Waals surface area contributed by atoms with Crippen molar-refractivity contribution in [2.45, 2.75) is 58.0 Å². The van der Waals surface area contributed by atoms with Crippen LogP contribution in [0, 0.1) is 5.92 Å². The largest absolute Gasteiger partial charge is 0.393 e. The van der Waals surface area contributed by atoms with E-state index in [9.17, 15) is 5.11 Å². The van der Waals surface area contributed by atoms with E-state index in [0.717, 1.165) is 26.1 Å². The maximum absolute atomic E-state index is 9.89. The molecule has 0 aromatic heterocycles. The van der Waals surface area contributed by atoms with Gasteiger partial charge in [0.25, 0.3) is 0 Å². The van der Waals surface area contributed by atoms with E-state index in [2.05, 4.69) is 6.92 Å². The molecule has 0 saturated heterocycles. The number of hydrogen-bond donors (Lipinski definition) is 1. The van der Waals surface area contributed by atoms with Crippen LogP contribution in [0.15, 0.2) is 0 Å². The van der Waals surface area contributed by atoms with Crippen LogP contribution in [0.1, 0.15) is 51.9 Å². The van der Waals surface area contributed by atoms with Crippen LogP contribution >= 0.6 is 0 Å².